The fourth-order valence-corrected chi connectivity index (χ4v) is 5.74. The zero-order valence-corrected chi connectivity index (χ0v) is 21.6. The van der Waals surface area contributed by atoms with Gasteiger partial charge in [-0.2, -0.15) is 0 Å². The quantitative estimate of drug-likeness (QED) is 0.461. The second-order valence-electron chi connectivity index (χ2n) is 10.7. The molecule has 2 heterocycles. The minimum Gasteiger partial charge on any atom is -0.363 e. The van der Waals surface area contributed by atoms with Crippen molar-refractivity contribution in [3.8, 4) is 0 Å². The van der Waals surface area contributed by atoms with Gasteiger partial charge in [-0.3, -0.25) is 4.90 Å². The van der Waals surface area contributed by atoms with Crippen LogP contribution < -0.4 is 5.32 Å². The van der Waals surface area contributed by atoms with Gasteiger partial charge < -0.3 is 5.32 Å². The maximum atomic E-state index is 4.26. The highest BCUT2D eigenvalue weighted by Gasteiger charge is 2.23. The monoisotopic (exact) mass is 454 g/mol. The highest BCUT2D eigenvalue weighted by atomic mass is 15.1. The van der Waals surface area contributed by atoms with E-state index in [1.54, 1.807) is 0 Å². The Bertz CT molecular complexity index is 1070. The van der Waals surface area contributed by atoms with Crippen molar-refractivity contribution in [2.75, 3.05) is 13.1 Å². The van der Waals surface area contributed by atoms with E-state index in [4.69, 9.17) is 0 Å². The predicted octanol–water partition coefficient (Wildman–Crippen LogP) is 7.68. The molecule has 2 aromatic rings. The summed E-state index contributed by atoms with van der Waals surface area (Å²) in [6.07, 6.45) is 6.91. The molecule has 34 heavy (non-hydrogen) atoms. The number of allylic oxidation sites excluding steroid dienone is 3. The van der Waals surface area contributed by atoms with Gasteiger partial charge in [0.25, 0.3) is 0 Å². The number of hydrogen-bond donors (Lipinski definition) is 1. The van der Waals surface area contributed by atoms with Gasteiger partial charge in [0, 0.05) is 17.9 Å². The molecule has 0 bridgehead atoms. The van der Waals surface area contributed by atoms with E-state index in [0.29, 0.717) is 11.8 Å². The number of nitrogens with one attached hydrogen (secondary N) is 1. The molecule has 0 radical (unpaired) electrons. The van der Waals surface area contributed by atoms with Crippen LogP contribution in [0.3, 0.4) is 0 Å². The standard InChI is InChI=1S/C32H42N2/c1-22(2)32-14-13-29(20-30(32)12-11-27-10-8-25(5)33-26(27)6)28-15-17-34(18-16-28)21-31-9-7-23(3)19-24(31)4/h7,9,13-14,19-20,27-28,33H,1,5-6,8,10-12,15-18,21H2,2-4H3. The van der Waals surface area contributed by atoms with Crippen LogP contribution in [0.4, 0.5) is 0 Å². The SMILES string of the molecule is C=C1CCC(CCc2cc(C3CCN(Cc4ccc(C)cc4C)CC3)ccc2C(=C)C)C(=C)N1. The summed E-state index contributed by atoms with van der Waals surface area (Å²) in [5, 5.41) is 3.38. The van der Waals surface area contributed by atoms with E-state index in [-0.39, 0.29) is 0 Å². The van der Waals surface area contributed by atoms with Crippen LogP contribution in [0.2, 0.25) is 0 Å². The molecule has 1 N–H and O–H groups in total. The Labute approximate surface area is 207 Å². The Morgan fingerprint density at radius 3 is 2.44 bits per heavy atom. The van der Waals surface area contributed by atoms with Gasteiger partial charge in [-0.1, -0.05) is 67.3 Å². The lowest BCUT2D eigenvalue weighted by atomic mass is 9.84. The molecule has 1 unspecified atom stereocenters. The van der Waals surface area contributed by atoms with Gasteiger partial charge in [-0.25, -0.2) is 0 Å². The maximum absolute atomic E-state index is 4.26. The van der Waals surface area contributed by atoms with Crippen molar-refractivity contribution < 1.29 is 0 Å². The molecule has 0 amide bonds. The lowest BCUT2D eigenvalue weighted by molar-refractivity contribution is 0.204. The molecule has 4 rings (SSSR count). The zero-order valence-electron chi connectivity index (χ0n) is 21.6. The van der Waals surface area contributed by atoms with Crippen LogP contribution in [-0.2, 0) is 13.0 Å². The van der Waals surface area contributed by atoms with E-state index >= 15 is 0 Å². The molecule has 2 aliphatic rings. The van der Waals surface area contributed by atoms with Crippen LogP contribution in [0.25, 0.3) is 5.57 Å². The summed E-state index contributed by atoms with van der Waals surface area (Å²) in [7, 11) is 0. The molecule has 1 atom stereocenters. The van der Waals surface area contributed by atoms with E-state index < -0.39 is 0 Å². The summed E-state index contributed by atoms with van der Waals surface area (Å²) in [6.45, 7) is 22.6. The fraction of sp³-hybridized carbons (Fsp3) is 0.438. The third-order valence-corrected chi connectivity index (χ3v) is 7.93. The summed E-state index contributed by atoms with van der Waals surface area (Å²) >= 11 is 0. The first-order valence-corrected chi connectivity index (χ1v) is 13.0. The zero-order chi connectivity index (χ0) is 24.2. The van der Waals surface area contributed by atoms with Crippen molar-refractivity contribution >= 4 is 5.57 Å². The van der Waals surface area contributed by atoms with Crippen LogP contribution >= 0.6 is 0 Å². The highest BCUT2D eigenvalue weighted by Crippen LogP contribution is 2.33. The number of rotatable bonds is 7. The molecule has 0 spiro atoms. The topological polar surface area (TPSA) is 15.3 Å². The van der Waals surface area contributed by atoms with Gasteiger partial charge in [0.05, 0.1) is 0 Å². The molecular formula is C32H42N2. The first kappa shape index (κ1) is 24.5. The van der Waals surface area contributed by atoms with Gasteiger partial charge in [0.2, 0.25) is 0 Å². The van der Waals surface area contributed by atoms with Crippen LogP contribution in [0.1, 0.15) is 78.3 Å². The molecule has 2 nitrogen and oxygen atoms in total. The first-order chi connectivity index (χ1) is 16.3. The number of aryl methyl sites for hydroxylation is 3. The smallest absolute Gasteiger partial charge is 0.0236 e. The van der Waals surface area contributed by atoms with Gasteiger partial charge in [0.15, 0.2) is 0 Å². The van der Waals surface area contributed by atoms with E-state index in [1.165, 1.54) is 64.9 Å². The summed E-state index contributed by atoms with van der Waals surface area (Å²) in [4.78, 5) is 2.63. The lowest BCUT2D eigenvalue weighted by Crippen LogP contribution is -2.32. The van der Waals surface area contributed by atoms with Crippen LogP contribution in [0.15, 0.2) is 67.5 Å². The summed E-state index contributed by atoms with van der Waals surface area (Å²) in [5.41, 5.74) is 12.0. The molecule has 180 valence electrons. The number of piperidine rings is 2. The fourth-order valence-electron chi connectivity index (χ4n) is 5.74. The molecule has 2 saturated heterocycles. The Kier molecular flexibility index (Phi) is 7.78. The summed E-state index contributed by atoms with van der Waals surface area (Å²) in [5.74, 6) is 1.18. The second-order valence-corrected chi connectivity index (χ2v) is 10.7. The van der Waals surface area contributed by atoms with Crippen molar-refractivity contribution in [3.63, 3.8) is 0 Å². The average molecular weight is 455 g/mol. The third kappa shape index (κ3) is 5.91. The van der Waals surface area contributed by atoms with Crippen molar-refractivity contribution in [1.29, 1.82) is 0 Å². The minimum atomic E-state index is 0.528. The van der Waals surface area contributed by atoms with Gasteiger partial charge in [-0.05, 0) is 112 Å². The first-order valence-electron chi connectivity index (χ1n) is 13.0. The normalized spacial score (nSPS) is 19.8. The largest absolute Gasteiger partial charge is 0.363 e. The summed E-state index contributed by atoms with van der Waals surface area (Å²) in [6, 6.07) is 14.0. The van der Waals surface area contributed by atoms with Crippen molar-refractivity contribution in [3.05, 3.63) is 101 Å². The number of nitrogens with zero attached hydrogens (tertiary/aromatic N) is 1. The number of benzene rings is 2. The van der Waals surface area contributed by atoms with Crippen molar-refractivity contribution in [1.82, 2.24) is 10.2 Å². The Morgan fingerprint density at radius 2 is 1.76 bits per heavy atom. The molecule has 0 saturated carbocycles. The van der Waals surface area contributed by atoms with Crippen LogP contribution in [0.5, 0.6) is 0 Å². The van der Waals surface area contributed by atoms with Gasteiger partial charge >= 0.3 is 0 Å². The van der Waals surface area contributed by atoms with Crippen LogP contribution in [-0.4, -0.2) is 18.0 Å². The maximum Gasteiger partial charge on any atom is 0.0236 e. The minimum absolute atomic E-state index is 0.528. The Balaban J connectivity index is 1.39. The molecule has 2 aromatic carbocycles. The van der Waals surface area contributed by atoms with Gasteiger partial charge in [0.1, 0.15) is 0 Å². The van der Waals surface area contributed by atoms with Crippen LogP contribution in [0, 0.1) is 19.8 Å². The highest BCUT2D eigenvalue weighted by molar-refractivity contribution is 5.65. The van der Waals surface area contributed by atoms with Crippen molar-refractivity contribution in [2.45, 2.75) is 71.8 Å². The number of hydrogen-bond acceptors (Lipinski definition) is 2. The van der Waals surface area contributed by atoms with E-state index in [0.717, 1.165) is 43.6 Å². The van der Waals surface area contributed by atoms with E-state index in [2.05, 4.69) is 87.1 Å². The second kappa shape index (κ2) is 10.8. The molecule has 2 fully saturated rings. The summed E-state index contributed by atoms with van der Waals surface area (Å²) < 4.78 is 0. The van der Waals surface area contributed by atoms with Crippen molar-refractivity contribution in [2.24, 2.45) is 5.92 Å². The predicted molar refractivity (Wildman–Crippen MR) is 147 cm³/mol. The van der Waals surface area contributed by atoms with E-state index in [9.17, 15) is 0 Å². The molecule has 0 aromatic heterocycles. The molecule has 2 heteroatoms. The lowest BCUT2D eigenvalue weighted by Gasteiger charge is -2.33. The molecule has 0 aliphatic carbocycles. The average Bonchev–Trinajstić information content (AvgIpc) is 2.80. The molecular weight excluding hydrogens is 412 g/mol. The Morgan fingerprint density at radius 1 is 1.00 bits per heavy atom. The van der Waals surface area contributed by atoms with Gasteiger partial charge in [-0.15, -0.1) is 0 Å². The Hall–Kier alpha value is -2.58. The van der Waals surface area contributed by atoms with E-state index in [1.807, 2.05) is 0 Å². The molecule has 2 aliphatic heterocycles. The number of likely N-dealkylation sites (tertiary alicyclic amines) is 1. The third-order valence-electron chi connectivity index (χ3n) is 7.93.